The third-order valence-electron chi connectivity index (χ3n) is 2.47. The number of ether oxygens (including phenoxy) is 1. The van der Waals surface area contributed by atoms with Crippen LogP contribution in [-0.4, -0.2) is 12.1 Å². The zero-order valence-corrected chi connectivity index (χ0v) is 10.7. The minimum absolute atomic E-state index is 0.0280. The van der Waals surface area contributed by atoms with Crippen LogP contribution in [0.15, 0.2) is 0 Å². The first-order valence-corrected chi connectivity index (χ1v) is 6.25. The highest BCUT2D eigenvalue weighted by atomic mass is 16.5. The molecular formula is C13H26O2. The molecule has 0 bridgehead atoms. The smallest absolute Gasteiger partial charge is 0.306 e. The van der Waals surface area contributed by atoms with Gasteiger partial charge in [0.05, 0.1) is 6.10 Å². The van der Waals surface area contributed by atoms with Crippen molar-refractivity contribution in [3.8, 4) is 0 Å². The lowest BCUT2D eigenvalue weighted by Crippen LogP contribution is -2.15. The van der Waals surface area contributed by atoms with Crippen molar-refractivity contribution >= 4 is 5.97 Å². The summed E-state index contributed by atoms with van der Waals surface area (Å²) in [7, 11) is 0. The molecule has 0 amide bonds. The Hall–Kier alpha value is -0.530. The van der Waals surface area contributed by atoms with Crippen molar-refractivity contribution in [2.75, 3.05) is 0 Å². The number of hydrogen-bond donors (Lipinski definition) is 0. The quantitative estimate of drug-likeness (QED) is 0.452. The fraction of sp³-hybridized carbons (Fsp3) is 0.923. The zero-order valence-electron chi connectivity index (χ0n) is 10.7. The van der Waals surface area contributed by atoms with E-state index in [9.17, 15) is 4.79 Å². The number of carbonyl (C=O) groups is 1. The Morgan fingerprint density at radius 2 is 1.80 bits per heavy atom. The highest BCUT2D eigenvalue weighted by Crippen LogP contribution is 2.10. The van der Waals surface area contributed by atoms with Crippen LogP contribution < -0.4 is 0 Å². The molecule has 15 heavy (non-hydrogen) atoms. The monoisotopic (exact) mass is 214 g/mol. The molecule has 1 atom stereocenters. The van der Waals surface area contributed by atoms with Crippen molar-refractivity contribution in [2.24, 2.45) is 5.92 Å². The highest BCUT2D eigenvalue weighted by Gasteiger charge is 2.09. The van der Waals surface area contributed by atoms with Crippen molar-refractivity contribution < 1.29 is 9.53 Å². The average Bonchev–Trinajstić information content (AvgIpc) is 2.15. The van der Waals surface area contributed by atoms with Crippen LogP contribution in [0.3, 0.4) is 0 Å². The number of unbranched alkanes of at least 4 members (excludes halogenated alkanes) is 2. The molecule has 0 spiro atoms. The Labute approximate surface area is 94.4 Å². The van der Waals surface area contributed by atoms with Gasteiger partial charge in [-0.05, 0) is 32.1 Å². The number of rotatable bonds is 8. The molecule has 0 saturated carbocycles. The summed E-state index contributed by atoms with van der Waals surface area (Å²) in [5.74, 6) is 0.658. The maximum atomic E-state index is 11.4. The maximum Gasteiger partial charge on any atom is 0.306 e. The maximum absolute atomic E-state index is 11.4. The van der Waals surface area contributed by atoms with Gasteiger partial charge in [0.2, 0.25) is 0 Å². The van der Waals surface area contributed by atoms with Gasteiger partial charge in [-0.25, -0.2) is 0 Å². The Balaban J connectivity index is 3.49. The molecule has 0 aliphatic carbocycles. The molecule has 0 saturated heterocycles. The van der Waals surface area contributed by atoms with Gasteiger partial charge >= 0.3 is 5.97 Å². The molecule has 2 heteroatoms. The van der Waals surface area contributed by atoms with Crippen LogP contribution in [0.1, 0.15) is 66.2 Å². The van der Waals surface area contributed by atoms with Gasteiger partial charge in [-0.15, -0.1) is 0 Å². The van der Waals surface area contributed by atoms with E-state index in [0.717, 1.165) is 32.1 Å². The lowest BCUT2D eigenvalue weighted by Gasteiger charge is -2.14. The van der Waals surface area contributed by atoms with E-state index in [1.54, 1.807) is 0 Å². The molecule has 0 aromatic heterocycles. The summed E-state index contributed by atoms with van der Waals surface area (Å²) in [5.41, 5.74) is 0. The normalized spacial score (nSPS) is 12.9. The molecule has 2 nitrogen and oxygen atoms in total. The zero-order chi connectivity index (χ0) is 11.7. The van der Waals surface area contributed by atoms with Crippen molar-refractivity contribution in [2.45, 2.75) is 72.3 Å². The van der Waals surface area contributed by atoms with Gasteiger partial charge in [0.15, 0.2) is 0 Å². The minimum Gasteiger partial charge on any atom is -0.463 e. The first kappa shape index (κ1) is 14.5. The number of hydrogen-bond acceptors (Lipinski definition) is 2. The summed E-state index contributed by atoms with van der Waals surface area (Å²) in [6.45, 7) is 8.50. The summed E-state index contributed by atoms with van der Waals surface area (Å²) >= 11 is 0. The Kier molecular flexibility index (Phi) is 8.44. The van der Waals surface area contributed by atoms with Crippen molar-refractivity contribution in [1.29, 1.82) is 0 Å². The summed E-state index contributed by atoms with van der Waals surface area (Å²) in [4.78, 5) is 11.4. The van der Waals surface area contributed by atoms with Gasteiger partial charge in [0.25, 0.3) is 0 Å². The minimum atomic E-state index is -0.0280. The fourth-order valence-corrected chi connectivity index (χ4v) is 1.43. The molecule has 0 aromatic carbocycles. The second kappa shape index (κ2) is 8.75. The first-order valence-electron chi connectivity index (χ1n) is 6.25. The van der Waals surface area contributed by atoms with E-state index in [0.29, 0.717) is 12.3 Å². The van der Waals surface area contributed by atoms with E-state index in [1.807, 2.05) is 6.92 Å². The third-order valence-corrected chi connectivity index (χ3v) is 2.47. The number of esters is 1. The van der Waals surface area contributed by atoms with Crippen LogP contribution in [0.25, 0.3) is 0 Å². The van der Waals surface area contributed by atoms with Crippen LogP contribution in [0.4, 0.5) is 0 Å². The van der Waals surface area contributed by atoms with Gasteiger partial charge < -0.3 is 4.74 Å². The topological polar surface area (TPSA) is 26.3 Å². The SMILES string of the molecule is CCCCCC(=O)OC(C)CCC(C)C. The van der Waals surface area contributed by atoms with Gasteiger partial charge in [0.1, 0.15) is 0 Å². The molecule has 0 N–H and O–H groups in total. The summed E-state index contributed by atoms with van der Waals surface area (Å²) in [5, 5.41) is 0. The van der Waals surface area contributed by atoms with Crippen LogP contribution in [0, 0.1) is 5.92 Å². The van der Waals surface area contributed by atoms with Crippen LogP contribution in [0.5, 0.6) is 0 Å². The molecule has 0 aliphatic rings. The second-order valence-electron chi connectivity index (χ2n) is 4.73. The largest absolute Gasteiger partial charge is 0.463 e. The Morgan fingerprint density at radius 3 is 2.33 bits per heavy atom. The van der Waals surface area contributed by atoms with E-state index >= 15 is 0 Å². The lowest BCUT2D eigenvalue weighted by molar-refractivity contribution is -0.148. The highest BCUT2D eigenvalue weighted by molar-refractivity contribution is 5.69. The average molecular weight is 214 g/mol. The molecule has 0 aliphatic heterocycles. The molecule has 0 heterocycles. The lowest BCUT2D eigenvalue weighted by atomic mass is 10.1. The van der Waals surface area contributed by atoms with Crippen molar-refractivity contribution in [3.05, 3.63) is 0 Å². The van der Waals surface area contributed by atoms with Gasteiger partial charge in [0, 0.05) is 6.42 Å². The van der Waals surface area contributed by atoms with E-state index < -0.39 is 0 Å². The van der Waals surface area contributed by atoms with Crippen molar-refractivity contribution in [3.63, 3.8) is 0 Å². The van der Waals surface area contributed by atoms with Gasteiger partial charge in [-0.2, -0.15) is 0 Å². The molecule has 0 radical (unpaired) electrons. The Morgan fingerprint density at radius 1 is 1.13 bits per heavy atom. The molecule has 0 fully saturated rings. The van der Waals surface area contributed by atoms with Gasteiger partial charge in [-0.1, -0.05) is 33.6 Å². The van der Waals surface area contributed by atoms with E-state index in [-0.39, 0.29) is 12.1 Å². The predicted molar refractivity (Wildman–Crippen MR) is 63.8 cm³/mol. The summed E-state index contributed by atoms with van der Waals surface area (Å²) in [6, 6.07) is 0. The van der Waals surface area contributed by atoms with Crippen molar-refractivity contribution in [1.82, 2.24) is 0 Å². The molecular weight excluding hydrogens is 188 g/mol. The molecule has 90 valence electrons. The van der Waals surface area contributed by atoms with Crippen LogP contribution in [0.2, 0.25) is 0 Å². The van der Waals surface area contributed by atoms with E-state index in [2.05, 4.69) is 20.8 Å². The molecule has 0 rings (SSSR count). The standard InChI is InChI=1S/C13H26O2/c1-5-6-7-8-13(14)15-12(4)10-9-11(2)3/h11-12H,5-10H2,1-4H3. The van der Waals surface area contributed by atoms with Crippen LogP contribution in [-0.2, 0) is 9.53 Å². The molecule has 1 unspecified atom stereocenters. The summed E-state index contributed by atoms with van der Waals surface area (Å²) < 4.78 is 5.31. The summed E-state index contributed by atoms with van der Waals surface area (Å²) in [6.07, 6.45) is 6.01. The fourth-order valence-electron chi connectivity index (χ4n) is 1.43. The van der Waals surface area contributed by atoms with Crippen LogP contribution >= 0.6 is 0 Å². The first-order chi connectivity index (χ1) is 7.06. The predicted octanol–water partition coefficient (Wildman–Crippen LogP) is 3.93. The molecule has 0 aromatic rings. The van der Waals surface area contributed by atoms with Gasteiger partial charge in [-0.3, -0.25) is 4.79 Å². The number of carbonyl (C=O) groups excluding carboxylic acids is 1. The third kappa shape index (κ3) is 9.77. The van der Waals surface area contributed by atoms with E-state index in [1.165, 1.54) is 0 Å². The Bertz CT molecular complexity index is 164. The van der Waals surface area contributed by atoms with E-state index in [4.69, 9.17) is 4.74 Å². The second-order valence-corrected chi connectivity index (χ2v) is 4.73.